The molecule has 2 aromatic rings. The molecule has 0 atom stereocenters. The van der Waals surface area contributed by atoms with E-state index in [-0.39, 0.29) is 64.5 Å². The Morgan fingerprint density at radius 3 is 2.15 bits per heavy atom. The summed E-state index contributed by atoms with van der Waals surface area (Å²) in [6.07, 6.45) is 0. The van der Waals surface area contributed by atoms with Gasteiger partial charge in [0.1, 0.15) is 0 Å². The van der Waals surface area contributed by atoms with Gasteiger partial charge in [-0.15, -0.1) is 40.9 Å². The summed E-state index contributed by atoms with van der Waals surface area (Å²) in [6.45, 7) is 6.14. The van der Waals surface area contributed by atoms with Crippen LogP contribution in [-0.4, -0.2) is 28.9 Å². The smallest absolute Gasteiger partial charge is 1.00 e. The SMILES string of the molecule is C[Si]([SiH3])=CC(C)(C)[NH-].[Cl-].[Cl-].[Zr+4].c1ccc2[cH-]ccc2c1. The van der Waals surface area contributed by atoms with Crippen molar-refractivity contribution in [2.75, 3.05) is 0 Å². The fourth-order valence-electron chi connectivity index (χ4n) is 1.79. The summed E-state index contributed by atoms with van der Waals surface area (Å²) in [5, 5.41) is 2.66. The van der Waals surface area contributed by atoms with Gasteiger partial charge in [0.2, 0.25) is 0 Å². The van der Waals surface area contributed by atoms with E-state index in [1.54, 1.807) is 0 Å². The van der Waals surface area contributed by atoms with Crippen LogP contribution in [0.4, 0.5) is 0 Å². The first-order valence-corrected chi connectivity index (χ1v) is 11.5. The van der Waals surface area contributed by atoms with Crippen LogP contribution in [0.5, 0.6) is 0 Å². The summed E-state index contributed by atoms with van der Waals surface area (Å²) in [5.74, 6) is 0. The first-order valence-electron chi connectivity index (χ1n) is 5.90. The van der Waals surface area contributed by atoms with Gasteiger partial charge < -0.3 is 30.5 Å². The Labute approximate surface area is 158 Å². The van der Waals surface area contributed by atoms with Gasteiger partial charge in [-0.05, 0) is 7.93 Å². The van der Waals surface area contributed by atoms with Crippen molar-refractivity contribution >= 4 is 34.1 Å². The maximum absolute atomic E-state index is 7.45. The minimum absolute atomic E-state index is 0. The zero-order valence-electron chi connectivity index (χ0n) is 12.4. The normalized spacial score (nSPS) is 10.5. The predicted molar refractivity (Wildman–Crippen MR) is 85.6 cm³/mol. The van der Waals surface area contributed by atoms with Crippen molar-refractivity contribution in [2.45, 2.75) is 25.9 Å². The molecule has 0 heterocycles. The molecule has 0 aliphatic carbocycles. The maximum atomic E-state index is 7.45. The molecule has 0 spiro atoms. The average Bonchev–Trinajstić information content (AvgIpc) is 2.61. The van der Waals surface area contributed by atoms with Gasteiger partial charge in [-0.3, -0.25) is 0 Å². The molecule has 2 aromatic carbocycles. The van der Waals surface area contributed by atoms with Crippen LogP contribution in [0.25, 0.3) is 16.5 Å². The van der Waals surface area contributed by atoms with E-state index in [2.05, 4.69) is 54.7 Å². The molecule has 1 nitrogen and oxygen atoms in total. The Balaban J connectivity index is -0.000000254. The van der Waals surface area contributed by atoms with Crippen LogP contribution in [0.2, 0.25) is 6.55 Å². The van der Waals surface area contributed by atoms with Crippen molar-refractivity contribution in [2.24, 2.45) is 0 Å². The third-order valence-electron chi connectivity index (χ3n) is 2.20. The Morgan fingerprint density at radius 1 is 1.20 bits per heavy atom. The van der Waals surface area contributed by atoms with Crippen LogP contribution in [-0.2, 0) is 26.2 Å². The van der Waals surface area contributed by atoms with Crippen molar-refractivity contribution in [3.63, 3.8) is 0 Å². The molecule has 1 N–H and O–H groups in total. The Hall–Kier alpha value is 0.557. The van der Waals surface area contributed by atoms with Crippen molar-refractivity contribution in [1.82, 2.24) is 0 Å². The van der Waals surface area contributed by atoms with E-state index < -0.39 is 0 Å². The molecule has 0 saturated carbocycles. The van der Waals surface area contributed by atoms with Crippen molar-refractivity contribution in [1.29, 1.82) is 0 Å². The standard InChI is InChI=1S/C9H7.C5H14NSi2.2ClH.Zr/c1-2-5-9-7-3-6-8(9)4-1;1-5(2,6)4-8(3)7;;;/h1-7H;4,6H,1-3,7H3;2*1H;/q2*-1;;;+4/p-2. The number of fused-ring (bicyclic) bond motifs is 1. The molecule has 0 unspecified atom stereocenters. The average molecular weight is 422 g/mol. The Bertz CT molecular complexity index is 473. The minimum atomic E-state index is -0.273. The number of nitrogens with one attached hydrogen (secondary N) is 1. The molecular weight excluding hydrogens is 400 g/mol. The van der Waals surface area contributed by atoms with Gasteiger partial charge in [0.15, 0.2) is 0 Å². The Morgan fingerprint density at radius 2 is 1.75 bits per heavy atom. The minimum Gasteiger partial charge on any atom is -1.00 e. The van der Waals surface area contributed by atoms with Gasteiger partial charge in [0.05, 0.1) is 0 Å². The summed E-state index contributed by atoms with van der Waals surface area (Å²) in [7, 11) is 1.11. The molecule has 0 amide bonds. The Kier molecular flexibility index (Phi) is 15.5. The van der Waals surface area contributed by atoms with E-state index in [1.165, 1.54) is 20.5 Å². The van der Waals surface area contributed by atoms with Crippen LogP contribution < -0.4 is 24.8 Å². The summed E-state index contributed by atoms with van der Waals surface area (Å²) < 4.78 is 0. The van der Waals surface area contributed by atoms with Crippen LogP contribution in [0.15, 0.2) is 42.5 Å². The fourth-order valence-corrected chi connectivity index (χ4v) is 5.40. The van der Waals surface area contributed by atoms with Gasteiger partial charge in [-0.25, -0.2) is 0 Å². The largest absolute Gasteiger partial charge is 4.00 e. The zero-order valence-corrected chi connectivity index (χ0v) is 19.3. The molecule has 0 aliphatic heterocycles. The fraction of sp³-hybridized carbons (Fsp3) is 0.286. The van der Waals surface area contributed by atoms with E-state index in [0.717, 1.165) is 0 Å². The summed E-state index contributed by atoms with van der Waals surface area (Å²) in [5.41, 5.74) is 9.37. The first-order chi connectivity index (χ1) is 7.88. The molecule has 0 aromatic heterocycles. The molecule has 0 bridgehead atoms. The summed E-state index contributed by atoms with van der Waals surface area (Å²) in [4.78, 5) is 0. The quantitative estimate of drug-likeness (QED) is 0.341. The third kappa shape index (κ3) is 11.2. The summed E-state index contributed by atoms with van der Waals surface area (Å²) in [6, 6.07) is 14.7. The molecule has 6 heteroatoms. The maximum Gasteiger partial charge on any atom is 4.00 e. The molecule has 0 aliphatic rings. The molecular formula is C14H21Cl2NSi2Zr. The second-order valence-electron chi connectivity index (χ2n) is 5.10. The van der Waals surface area contributed by atoms with E-state index in [1.807, 2.05) is 13.8 Å². The first kappa shape index (κ1) is 25.5. The van der Waals surface area contributed by atoms with Crippen LogP contribution in [0, 0.1) is 0 Å². The number of hydrogen-bond acceptors (Lipinski definition) is 0. The van der Waals surface area contributed by atoms with Gasteiger partial charge in [0, 0.05) is 9.76 Å². The molecule has 0 fully saturated rings. The molecule has 2 rings (SSSR count). The second-order valence-corrected chi connectivity index (χ2v) is 12.3. The topological polar surface area (TPSA) is 23.8 Å². The number of benzene rings is 1. The monoisotopic (exact) mass is 419 g/mol. The number of hydrogen-bond donors (Lipinski definition) is 0. The second kappa shape index (κ2) is 12.1. The van der Waals surface area contributed by atoms with E-state index >= 15 is 0 Å². The van der Waals surface area contributed by atoms with Crippen LogP contribution in [0.3, 0.4) is 0 Å². The van der Waals surface area contributed by atoms with Crippen LogP contribution >= 0.6 is 0 Å². The third-order valence-corrected chi connectivity index (χ3v) is 4.36. The predicted octanol–water partition coefficient (Wildman–Crippen LogP) is -3.25. The van der Waals surface area contributed by atoms with Gasteiger partial charge in [-0.2, -0.15) is 17.5 Å². The van der Waals surface area contributed by atoms with Crippen LogP contribution in [0.1, 0.15) is 13.8 Å². The molecule has 0 saturated heterocycles. The van der Waals surface area contributed by atoms with E-state index in [4.69, 9.17) is 5.73 Å². The summed E-state index contributed by atoms with van der Waals surface area (Å²) >= 11 is 0. The number of halogens is 2. The van der Waals surface area contributed by atoms with Gasteiger partial charge in [0.25, 0.3) is 0 Å². The van der Waals surface area contributed by atoms with Crippen molar-refractivity contribution in [3.8, 4) is 0 Å². The van der Waals surface area contributed by atoms with Crippen molar-refractivity contribution in [3.05, 3.63) is 48.2 Å². The van der Waals surface area contributed by atoms with Crippen molar-refractivity contribution < 1.29 is 51.0 Å². The molecule has 0 radical (unpaired) electrons. The number of rotatable bonds is 1. The molecule has 20 heavy (non-hydrogen) atoms. The van der Waals surface area contributed by atoms with E-state index in [9.17, 15) is 0 Å². The molecule has 108 valence electrons. The van der Waals surface area contributed by atoms with E-state index in [0.29, 0.717) is 0 Å². The zero-order chi connectivity index (χ0) is 12.9. The van der Waals surface area contributed by atoms with Gasteiger partial charge >= 0.3 is 26.2 Å². The van der Waals surface area contributed by atoms with Gasteiger partial charge in [-0.1, -0.05) is 26.5 Å².